The van der Waals surface area contributed by atoms with Crippen LogP contribution in [0.2, 0.25) is 0 Å². The Kier molecular flexibility index (Phi) is 4.78. The van der Waals surface area contributed by atoms with E-state index >= 15 is 0 Å². The number of benzene rings is 1. The Morgan fingerprint density at radius 1 is 1.40 bits per heavy atom. The van der Waals surface area contributed by atoms with E-state index in [0.29, 0.717) is 18.9 Å². The van der Waals surface area contributed by atoms with Crippen molar-refractivity contribution >= 4 is 26.0 Å². The molecule has 1 heterocycles. The van der Waals surface area contributed by atoms with Gasteiger partial charge in [0.1, 0.15) is 16.5 Å². The highest BCUT2D eigenvalue weighted by Crippen LogP contribution is 2.32. The van der Waals surface area contributed by atoms with Crippen molar-refractivity contribution in [1.29, 1.82) is 0 Å². The molecule has 1 atom stereocenters. The third-order valence-corrected chi connectivity index (χ3v) is 6.18. The van der Waals surface area contributed by atoms with E-state index in [1.807, 2.05) is 0 Å². The summed E-state index contributed by atoms with van der Waals surface area (Å²) in [6, 6.07) is 1.48. The number of halogens is 3. The van der Waals surface area contributed by atoms with Crippen LogP contribution in [0.3, 0.4) is 0 Å². The molecule has 0 saturated carbocycles. The maximum absolute atomic E-state index is 13.8. The summed E-state index contributed by atoms with van der Waals surface area (Å²) in [7, 11) is -4.00. The monoisotopic (exact) mass is 369 g/mol. The molecule has 1 N–H and O–H groups in total. The molecule has 4 nitrogen and oxygen atoms in total. The van der Waals surface area contributed by atoms with E-state index in [9.17, 15) is 17.2 Å². The highest BCUT2D eigenvalue weighted by molar-refractivity contribution is 9.10. The Bertz CT molecular complexity index is 586. The van der Waals surface area contributed by atoms with Crippen molar-refractivity contribution < 1.29 is 22.3 Å². The maximum atomic E-state index is 13.8. The smallest absolute Gasteiger partial charge is 0.247 e. The van der Waals surface area contributed by atoms with Crippen molar-refractivity contribution in [3.63, 3.8) is 0 Å². The van der Waals surface area contributed by atoms with Gasteiger partial charge in [-0.25, -0.2) is 17.2 Å². The van der Waals surface area contributed by atoms with Gasteiger partial charge in [-0.3, -0.25) is 0 Å². The van der Waals surface area contributed by atoms with Crippen LogP contribution in [0, 0.1) is 17.6 Å². The Hall–Kier alpha value is -0.570. The molecule has 1 aliphatic rings. The molecule has 0 spiro atoms. The van der Waals surface area contributed by atoms with Crippen LogP contribution in [-0.4, -0.2) is 37.5 Å². The summed E-state index contributed by atoms with van der Waals surface area (Å²) >= 11 is 2.90. The van der Waals surface area contributed by atoms with Crippen LogP contribution in [0.4, 0.5) is 8.78 Å². The molecule has 1 saturated heterocycles. The summed E-state index contributed by atoms with van der Waals surface area (Å²) in [5.74, 6) is -1.88. The molecule has 0 amide bonds. The zero-order valence-corrected chi connectivity index (χ0v) is 12.9. The van der Waals surface area contributed by atoms with Crippen molar-refractivity contribution in [1.82, 2.24) is 4.31 Å². The van der Waals surface area contributed by atoms with Crippen LogP contribution in [0.5, 0.6) is 0 Å². The third-order valence-electron chi connectivity index (χ3n) is 3.35. The molecular weight excluding hydrogens is 356 g/mol. The summed E-state index contributed by atoms with van der Waals surface area (Å²) in [4.78, 5) is -0.538. The molecule has 0 bridgehead atoms. The first-order valence-electron chi connectivity index (χ1n) is 6.12. The topological polar surface area (TPSA) is 57.6 Å². The second-order valence-corrected chi connectivity index (χ2v) is 7.46. The van der Waals surface area contributed by atoms with Gasteiger partial charge in [0.15, 0.2) is 0 Å². The second kappa shape index (κ2) is 6.05. The standard InChI is InChI=1S/C12H14BrF2NO3S/c13-10-5-9(14)6-11(15)12(10)20(18,19)16-3-1-8(7-16)2-4-17/h5-6,8,17H,1-4,7H2. The molecule has 0 radical (unpaired) electrons. The minimum atomic E-state index is -4.00. The van der Waals surface area contributed by atoms with Crippen LogP contribution in [0.25, 0.3) is 0 Å². The normalized spacial score (nSPS) is 20.5. The lowest BCUT2D eigenvalue weighted by Gasteiger charge is -2.18. The third kappa shape index (κ3) is 3.03. The van der Waals surface area contributed by atoms with Crippen molar-refractivity contribution in [3.05, 3.63) is 28.2 Å². The molecule has 20 heavy (non-hydrogen) atoms. The zero-order valence-electron chi connectivity index (χ0n) is 10.5. The average Bonchev–Trinajstić information content (AvgIpc) is 2.76. The lowest BCUT2D eigenvalue weighted by atomic mass is 10.1. The fraction of sp³-hybridized carbons (Fsp3) is 0.500. The van der Waals surface area contributed by atoms with Gasteiger partial charge >= 0.3 is 0 Å². The van der Waals surface area contributed by atoms with Crippen molar-refractivity contribution in [2.45, 2.75) is 17.7 Å². The fourth-order valence-corrected chi connectivity index (χ4v) is 4.98. The fourth-order valence-electron chi connectivity index (χ4n) is 2.34. The first-order valence-corrected chi connectivity index (χ1v) is 8.35. The molecule has 0 aliphatic carbocycles. The van der Waals surface area contributed by atoms with Crippen molar-refractivity contribution in [2.24, 2.45) is 5.92 Å². The highest BCUT2D eigenvalue weighted by atomic mass is 79.9. The van der Waals surface area contributed by atoms with Gasteiger partial charge in [0.25, 0.3) is 0 Å². The lowest BCUT2D eigenvalue weighted by molar-refractivity contribution is 0.259. The SMILES string of the molecule is O=S(=O)(c1c(F)cc(F)cc1Br)N1CCC(CCO)C1. The van der Waals surface area contributed by atoms with E-state index in [1.54, 1.807) is 0 Å². The Morgan fingerprint density at radius 2 is 2.10 bits per heavy atom. The summed E-state index contributed by atoms with van der Waals surface area (Å²) in [6.45, 7) is 0.509. The number of aliphatic hydroxyl groups excluding tert-OH is 1. The molecule has 112 valence electrons. The first-order chi connectivity index (χ1) is 9.36. The number of hydrogen-bond acceptors (Lipinski definition) is 3. The van der Waals surface area contributed by atoms with E-state index in [0.717, 1.165) is 6.07 Å². The van der Waals surface area contributed by atoms with Crippen LogP contribution >= 0.6 is 15.9 Å². The van der Waals surface area contributed by atoms with Crippen molar-refractivity contribution in [3.8, 4) is 0 Å². The van der Waals surface area contributed by atoms with E-state index in [4.69, 9.17) is 5.11 Å². The predicted octanol–water partition coefficient (Wildman–Crippen LogP) is 2.12. The summed E-state index contributed by atoms with van der Waals surface area (Å²) in [5, 5.41) is 8.87. The van der Waals surface area contributed by atoms with Gasteiger partial charge in [0.05, 0.1) is 0 Å². The molecule has 1 aliphatic heterocycles. The molecule has 2 rings (SSSR count). The van der Waals surface area contributed by atoms with E-state index < -0.39 is 26.6 Å². The molecule has 1 unspecified atom stereocenters. The molecule has 0 aromatic heterocycles. The number of nitrogens with zero attached hydrogens (tertiary/aromatic N) is 1. The average molecular weight is 370 g/mol. The second-order valence-electron chi connectivity index (χ2n) is 4.73. The van der Waals surface area contributed by atoms with Crippen LogP contribution < -0.4 is 0 Å². The molecule has 1 aromatic rings. The summed E-state index contributed by atoms with van der Waals surface area (Å²) in [6.07, 6.45) is 1.14. The van der Waals surface area contributed by atoms with Crippen molar-refractivity contribution in [2.75, 3.05) is 19.7 Å². The van der Waals surface area contributed by atoms with Gasteiger partial charge in [0.2, 0.25) is 10.0 Å². The van der Waals surface area contributed by atoms with E-state index in [-0.39, 0.29) is 30.1 Å². The van der Waals surface area contributed by atoms with Gasteiger partial charge in [0, 0.05) is 30.2 Å². The molecule has 8 heteroatoms. The van der Waals surface area contributed by atoms with Crippen LogP contribution in [0.1, 0.15) is 12.8 Å². The largest absolute Gasteiger partial charge is 0.396 e. The minimum absolute atomic E-state index is 0.00679. The van der Waals surface area contributed by atoms with Gasteiger partial charge in [-0.1, -0.05) is 0 Å². The number of rotatable bonds is 4. The first kappa shape index (κ1) is 15.8. The molecular formula is C12H14BrF2NO3S. The Labute approximate surface area is 124 Å². The van der Waals surface area contributed by atoms with Gasteiger partial charge in [-0.2, -0.15) is 4.31 Å². The predicted molar refractivity (Wildman–Crippen MR) is 72.6 cm³/mol. The van der Waals surface area contributed by atoms with Crippen LogP contribution in [0.15, 0.2) is 21.5 Å². The molecule has 1 fully saturated rings. The summed E-state index contributed by atoms with van der Waals surface area (Å²) in [5.41, 5.74) is 0. The van der Waals surface area contributed by atoms with E-state index in [1.165, 1.54) is 4.31 Å². The number of aliphatic hydroxyl groups is 1. The quantitative estimate of drug-likeness (QED) is 0.884. The van der Waals surface area contributed by atoms with Gasteiger partial charge in [-0.05, 0) is 40.8 Å². The highest BCUT2D eigenvalue weighted by Gasteiger charge is 2.35. The minimum Gasteiger partial charge on any atom is -0.396 e. The number of hydrogen-bond donors (Lipinski definition) is 1. The van der Waals surface area contributed by atoms with Gasteiger partial charge < -0.3 is 5.11 Å². The zero-order chi connectivity index (χ0) is 14.9. The van der Waals surface area contributed by atoms with E-state index in [2.05, 4.69) is 15.9 Å². The summed E-state index contributed by atoms with van der Waals surface area (Å²) < 4.78 is 52.7. The Morgan fingerprint density at radius 3 is 2.70 bits per heavy atom. The number of sulfonamides is 1. The van der Waals surface area contributed by atoms with Gasteiger partial charge in [-0.15, -0.1) is 0 Å². The lowest BCUT2D eigenvalue weighted by Crippen LogP contribution is -2.30. The van der Waals surface area contributed by atoms with Crippen LogP contribution in [-0.2, 0) is 10.0 Å². The molecule has 1 aromatic carbocycles. The maximum Gasteiger partial charge on any atom is 0.247 e. The Balaban J connectivity index is 2.33.